The average molecular weight is 433 g/mol. The number of nitrogens with zero attached hydrogens (tertiary/aromatic N) is 2. The molecule has 2 heterocycles. The van der Waals surface area contributed by atoms with Gasteiger partial charge in [0.2, 0.25) is 5.91 Å². The number of hydrogen-bond acceptors (Lipinski definition) is 4. The highest BCUT2D eigenvalue weighted by Crippen LogP contribution is 2.25. The van der Waals surface area contributed by atoms with Crippen LogP contribution in [0.25, 0.3) is 11.3 Å². The predicted octanol–water partition coefficient (Wildman–Crippen LogP) is 4.16. The van der Waals surface area contributed by atoms with Crippen LogP contribution in [0.1, 0.15) is 37.2 Å². The number of aryl methyl sites for hydroxylation is 2. The predicted molar refractivity (Wildman–Crippen MR) is 125 cm³/mol. The molecule has 3 amide bonds. The first-order chi connectivity index (χ1) is 15.4. The molecule has 0 radical (unpaired) electrons. The summed E-state index contributed by atoms with van der Waals surface area (Å²) in [6.07, 6.45) is 0.665. The summed E-state index contributed by atoms with van der Waals surface area (Å²) >= 11 is 0. The van der Waals surface area contributed by atoms with Gasteiger partial charge in [0.15, 0.2) is 6.29 Å². The molecule has 2 unspecified atom stereocenters. The van der Waals surface area contributed by atoms with Crippen LogP contribution in [-0.2, 0) is 4.79 Å². The molecule has 1 fully saturated rings. The van der Waals surface area contributed by atoms with Crippen LogP contribution >= 0.6 is 0 Å². The summed E-state index contributed by atoms with van der Waals surface area (Å²) in [5.74, 6) is 0.419. The number of urea groups is 1. The maximum atomic E-state index is 12.8. The number of carbonyl (C=O) groups excluding carboxylic acids is 2. The summed E-state index contributed by atoms with van der Waals surface area (Å²) in [6, 6.07) is 16.9. The Morgan fingerprint density at radius 1 is 1.09 bits per heavy atom. The minimum absolute atomic E-state index is 0.0373. The van der Waals surface area contributed by atoms with Crippen LogP contribution in [0.5, 0.6) is 0 Å². The third kappa shape index (κ3) is 4.81. The van der Waals surface area contributed by atoms with Gasteiger partial charge in [0, 0.05) is 29.8 Å². The molecule has 4 rings (SSSR count). The second-order valence-electron chi connectivity index (χ2n) is 8.05. The molecular formula is C24H28N6O2. The minimum Gasteiger partial charge on any atom is -0.322 e. The molecule has 2 aromatic carbocycles. The SMILES string of the molecule is CCC1CC(=O)NC(n2nc(-c3ccccc3)cc2NC(=O)Nc2ccc(C)c(C)c2)N1. The van der Waals surface area contributed by atoms with Crippen LogP contribution in [0.4, 0.5) is 16.3 Å². The second-order valence-corrected chi connectivity index (χ2v) is 8.05. The lowest BCUT2D eigenvalue weighted by molar-refractivity contribution is -0.125. The van der Waals surface area contributed by atoms with E-state index >= 15 is 0 Å². The van der Waals surface area contributed by atoms with Gasteiger partial charge in [-0.3, -0.25) is 15.4 Å². The largest absolute Gasteiger partial charge is 0.324 e. The van der Waals surface area contributed by atoms with Crippen LogP contribution in [-0.4, -0.2) is 27.8 Å². The van der Waals surface area contributed by atoms with Crippen LogP contribution < -0.4 is 21.3 Å². The van der Waals surface area contributed by atoms with Crippen molar-refractivity contribution in [1.82, 2.24) is 20.4 Å². The smallest absolute Gasteiger partial charge is 0.322 e. The average Bonchev–Trinajstić information content (AvgIpc) is 3.20. The van der Waals surface area contributed by atoms with Crippen LogP contribution in [0.3, 0.4) is 0 Å². The molecule has 3 aromatic rings. The number of aromatic nitrogens is 2. The van der Waals surface area contributed by atoms with Crippen molar-refractivity contribution in [3.63, 3.8) is 0 Å². The number of nitrogens with one attached hydrogen (secondary N) is 4. The molecular weight excluding hydrogens is 404 g/mol. The third-order valence-electron chi connectivity index (χ3n) is 5.67. The van der Waals surface area contributed by atoms with Crippen molar-refractivity contribution in [3.05, 3.63) is 65.7 Å². The molecule has 8 nitrogen and oxygen atoms in total. The summed E-state index contributed by atoms with van der Waals surface area (Å²) in [5, 5.41) is 16.8. The lowest BCUT2D eigenvalue weighted by Gasteiger charge is -2.31. The van der Waals surface area contributed by atoms with Gasteiger partial charge < -0.3 is 10.6 Å². The highest BCUT2D eigenvalue weighted by molar-refractivity contribution is 5.99. The zero-order valence-corrected chi connectivity index (χ0v) is 18.5. The van der Waals surface area contributed by atoms with Gasteiger partial charge in [-0.05, 0) is 43.5 Å². The van der Waals surface area contributed by atoms with Crippen LogP contribution in [0.15, 0.2) is 54.6 Å². The number of benzene rings is 2. The first kappa shape index (κ1) is 21.6. The molecule has 1 aliphatic heterocycles. The van der Waals surface area contributed by atoms with Crippen molar-refractivity contribution in [1.29, 1.82) is 0 Å². The first-order valence-electron chi connectivity index (χ1n) is 10.8. The van der Waals surface area contributed by atoms with Crippen LogP contribution in [0, 0.1) is 13.8 Å². The van der Waals surface area contributed by atoms with E-state index in [1.165, 1.54) is 0 Å². The Kier molecular flexibility index (Phi) is 6.23. The molecule has 166 valence electrons. The summed E-state index contributed by atoms with van der Waals surface area (Å²) in [4.78, 5) is 25.0. The lowest BCUT2D eigenvalue weighted by Crippen LogP contribution is -2.53. The van der Waals surface area contributed by atoms with E-state index in [0.717, 1.165) is 23.1 Å². The molecule has 1 saturated heterocycles. The number of amides is 3. The fraction of sp³-hybridized carbons (Fsp3) is 0.292. The van der Waals surface area contributed by atoms with Gasteiger partial charge in [0.1, 0.15) is 5.82 Å². The Morgan fingerprint density at radius 2 is 1.88 bits per heavy atom. The molecule has 0 bridgehead atoms. The Bertz CT molecular complexity index is 1120. The third-order valence-corrected chi connectivity index (χ3v) is 5.67. The normalized spacial score (nSPS) is 18.2. The molecule has 1 aliphatic rings. The molecule has 0 spiro atoms. The summed E-state index contributed by atoms with van der Waals surface area (Å²) in [7, 11) is 0. The van der Waals surface area contributed by atoms with E-state index in [0.29, 0.717) is 23.6 Å². The fourth-order valence-electron chi connectivity index (χ4n) is 3.69. The van der Waals surface area contributed by atoms with Gasteiger partial charge in [0.05, 0.1) is 5.69 Å². The van der Waals surface area contributed by atoms with E-state index in [-0.39, 0.29) is 18.0 Å². The highest BCUT2D eigenvalue weighted by atomic mass is 16.2. The van der Waals surface area contributed by atoms with Crippen molar-refractivity contribution in [2.75, 3.05) is 10.6 Å². The van der Waals surface area contributed by atoms with Crippen molar-refractivity contribution in [3.8, 4) is 11.3 Å². The zero-order valence-electron chi connectivity index (χ0n) is 18.5. The van der Waals surface area contributed by atoms with Gasteiger partial charge in [-0.2, -0.15) is 5.10 Å². The molecule has 4 N–H and O–H groups in total. The van der Waals surface area contributed by atoms with E-state index in [4.69, 9.17) is 5.10 Å². The van der Waals surface area contributed by atoms with Gasteiger partial charge in [-0.15, -0.1) is 0 Å². The Morgan fingerprint density at radius 3 is 2.59 bits per heavy atom. The minimum atomic E-state index is -0.560. The van der Waals surface area contributed by atoms with Gasteiger partial charge in [0.25, 0.3) is 0 Å². The van der Waals surface area contributed by atoms with Crippen molar-refractivity contribution >= 4 is 23.4 Å². The van der Waals surface area contributed by atoms with E-state index in [2.05, 4.69) is 21.3 Å². The van der Waals surface area contributed by atoms with Gasteiger partial charge >= 0.3 is 6.03 Å². The standard InChI is InChI=1S/C24H28N6O2/c1-4-18-13-22(31)28-23(25-18)30-21(14-20(29-30)17-8-6-5-7-9-17)27-24(32)26-19-11-10-15(2)16(3)12-19/h5-12,14,18,23,25H,4,13H2,1-3H3,(H,28,31)(H2,26,27,32). The Balaban J connectivity index is 1.61. The van der Waals surface area contributed by atoms with Gasteiger partial charge in [-0.25, -0.2) is 9.48 Å². The number of hydrogen-bond donors (Lipinski definition) is 4. The number of anilines is 2. The van der Waals surface area contributed by atoms with Crippen molar-refractivity contribution < 1.29 is 9.59 Å². The molecule has 0 saturated carbocycles. The second kappa shape index (κ2) is 9.23. The topological polar surface area (TPSA) is 100 Å². The van der Waals surface area contributed by atoms with E-state index < -0.39 is 6.29 Å². The van der Waals surface area contributed by atoms with E-state index in [1.807, 2.05) is 69.3 Å². The molecule has 32 heavy (non-hydrogen) atoms. The number of rotatable bonds is 5. The van der Waals surface area contributed by atoms with Crippen molar-refractivity contribution in [2.24, 2.45) is 0 Å². The molecule has 1 aromatic heterocycles. The fourth-order valence-corrected chi connectivity index (χ4v) is 3.69. The Labute approximate surface area is 187 Å². The molecule has 2 atom stereocenters. The van der Waals surface area contributed by atoms with Crippen LogP contribution in [0.2, 0.25) is 0 Å². The van der Waals surface area contributed by atoms with Gasteiger partial charge in [-0.1, -0.05) is 43.3 Å². The molecule has 8 heteroatoms. The lowest BCUT2D eigenvalue weighted by atomic mass is 10.1. The number of carbonyl (C=O) groups is 2. The van der Waals surface area contributed by atoms with E-state index in [1.54, 1.807) is 10.7 Å². The summed E-state index contributed by atoms with van der Waals surface area (Å²) in [5.41, 5.74) is 4.57. The highest BCUT2D eigenvalue weighted by Gasteiger charge is 2.28. The van der Waals surface area contributed by atoms with E-state index in [9.17, 15) is 9.59 Å². The zero-order chi connectivity index (χ0) is 22.7. The maximum absolute atomic E-state index is 12.8. The molecule has 0 aliphatic carbocycles. The van der Waals surface area contributed by atoms with Crippen molar-refractivity contribution in [2.45, 2.75) is 45.9 Å². The quantitative estimate of drug-likeness (QED) is 0.486. The summed E-state index contributed by atoms with van der Waals surface area (Å²) in [6.45, 7) is 6.06. The Hall–Kier alpha value is -3.65. The first-order valence-corrected chi connectivity index (χ1v) is 10.8. The monoisotopic (exact) mass is 432 g/mol. The summed E-state index contributed by atoms with van der Waals surface area (Å²) < 4.78 is 1.61. The maximum Gasteiger partial charge on any atom is 0.324 e.